The van der Waals surface area contributed by atoms with E-state index in [-0.39, 0.29) is 12.7 Å². The van der Waals surface area contributed by atoms with Gasteiger partial charge in [-0.05, 0) is 18.8 Å². The lowest BCUT2D eigenvalue weighted by atomic mass is 9.86. The number of rotatable bonds is 4. The lowest BCUT2D eigenvalue weighted by molar-refractivity contribution is -0.0424. The zero-order valence-corrected chi connectivity index (χ0v) is 9.22. The molecule has 0 aromatic carbocycles. The molecule has 1 saturated heterocycles. The predicted octanol–water partition coefficient (Wildman–Crippen LogP) is 3.48. The first kappa shape index (κ1) is 11.9. The molecule has 0 aliphatic carbocycles. The van der Waals surface area contributed by atoms with Crippen molar-refractivity contribution in [2.24, 2.45) is 11.8 Å². The minimum Gasteiger partial charge on any atom is -0.371 e. The highest BCUT2D eigenvalue weighted by molar-refractivity contribution is 4.89. The molecule has 1 nitrogen and oxygen atoms in total. The Balaban J connectivity index is 2.60. The second kappa shape index (κ2) is 4.56. The van der Waals surface area contributed by atoms with Gasteiger partial charge in [0.2, 0.25) is 0 Å². The van der Waals surface area contributed by atoms with Gasteiger partial charge in [0.15, 0.2) is 0 Å². The summed E-state index contributed by atoms with van der Waals surface area (Å²) in [6, 6.07) is 0. The average molecular weight is 206 g/mol. The van der Waals surface area contributed by atoms with Crippen LogP contribution in [-0.2, 0) is 4.74 Å². The molecule has 0 spiro atoms. The van der Waals surface area contributed by atoms with Crippen LogP contribution in [0.2, 0.25) is 0 Å². The standard InChI is InChI=1S/C11H20F2O/c1-4-8(3)6-9-10(5-2)14-7-11(9,12)13/h8-10H,4-7H2,1-3H3. The topological polar surface area (TPSA) is 9.23 Å². The van der Waals surface area contributed by atoms with Crippen molar-refractivity contribution in [1.29, 1.82) is 0 Å². The number of hydrogen-bond acceptors (Lipinski definition) is 1. The molecule has 0 bridgehead atoms. The third-order valence-corrected chi connectivity index (χ3v) is 3.24. The summed E-state index contributed by atoms with van der Waals surface area (Å²) >= 11 is 0. The van der Waals surface area contributed by atoms with Crippen LogP contribution in [-0.4, -0.2) is 18.6 Å². The summed E-state index contributed by atoms with van der Waals surface area (Å²) in [5, 5.41) is 0. The quantitative estimate of drug-likeness (QED) is 0.684. The maximum absolute atomic E-state index is 13.4. The molecule has 0 N–H and O–H groups in total. The Morgan fingerprint density at radius 1 is 1.43 bits per heavy atom. The van der Waals surface area contributed by atoms with Crippen LogP contribution in [0.3, 0.4) is 0 Å². The number of hydrogen-bond donors (Lipinski definition) is 0. The maximum atomic E-state index is 13.4. The second-order valence-electron chi connectivity index (χ2n) is 4.37. The number of ether oxygens (including phenoxy) is 1. The molecule has 3 heteroatoms. The average Bonchev–Trinajstić information content (AvgIpc) is 2.42. The summed E-state index contributed by atoms with van der Waals surface area (Å²) in [6.45, 7) is 5.60. The van der Waals surface area contributed by atoms with Crippen LogP contribution < -0.4 is 0 Å². The Kier molecular flexibility index (Phi) is 3.87. The fraction of sp³-hybridized carbons (Fsp3) is 1.00. The van der Waals surface area contributed by atoms with Crippen LogP contribution in [0.1, 0.15) is 40.0 Å². The van der Waals surface area contributed by atoms with Crippen molar-refractivity contribution in [3.8, 4) is 0 Å². The Labute approximate surface area is 84.8 Å². The molecule has 1 fully saturated rings. The molecular weight excluding hydrogens is 186 g/mol. The van der Waals surface area contributed by atoms with Gasteiger partial charge in [0.25, 0.3) is 5.92 Å². The van der Waals surface area contributed by atoms with E-state index in [2.05, 4.69) is 0 Å². The third kappa shape index (κ3) is 2.44. The molecular formula is C11H20F2O. The van der Waals surface area contributed by atoms with Crippen LogP contribution in [0.25, 0.3) is 0 Å². The molecule has 3 atom stereocenters. The van der Waals surface area contributed by atoms with E-state index < -0.39 is 11.8 Å². The highest BCUT2D eigenvalue weighted by Crippen LogP contribution is 2.41. The van der Waals surface area contributed by atoms with Gasteiger partial charge in [0, 0.05) is 0 Å². The first-order chi connectivity index (χ1) is 6.51. The van der Waals surface area contributed by atoms with Crippen LogP contribution in [0.15, 0.2) is 0 Å². The molecule has 3 unspecified atom stereocenters. The summed E-state index contributed by atoms with van der Waals surface area (Å²) < 4.78 is 32.0. The van der Waals surface area contributed by atoms with E-state index in [0.29, 0.717) is 18.8 Å². The highest BCUT2D eigenvalue weighted by atomic mass is 19.3. The molecule has 1 heterocycles. The molecule has 0 aromatic heterocycles. The molecule has 0 radical (unpaired) electrons. The lowest BCUT2D eigenvalue weighted by Crippen LogP contribution is -2.31. The fourth-order valence-corrected chi connectivity index (χ4v) is 2.04. The molecule has 84 valence electrons. The minimum atomic E-state index is -2.61. The normalized spacial score (nSPS) is 33.2. The SMILES string of the molecule is CCC(C)CC1C(CC)OCC1(F)F. The van der Waals surface area contributed by atoms with E-state index in [9.17, 15) is 8.78 Å². The van der Waals surface area contributed by atoms with Gasteiger partial charge in [-0.15, -0.1) is 0 Å². The summed E-state index contributed by atoms with van der Waals surface area (Å²) in [5.41, 5.74) is 0. The smallest absolute Gasteiger partial charge is 0.276 e. The van der Waals surface area contributed by atoms with Crippen molar-refractivity contribution >= 4 is 0 Å². The van der Waals surface area contributed by atoms with Crippen LogP contribution in [0.5, 0.6) is 0 Å². The predicted molar refractivity (Wildman–Crippen MR) is 52.5 cm³/mol. The van der Waals surface area contributed by atoms with E-state index in [1.165, 1.54) is 0 Å². The molecule has 1 rings (SSSR count). The van der Waals surface area contributed by atoms with E-state index in [0.717, 1.165) is 6.42 Å². The summed E-state index contributed by atoms with van der Waals surface area (Å²) in [7, 11) is 0. The zero-order chi connectivity index (χ0) is 10.8. The molecule has 0 aromatic rings. The van der Waals surface area contributed by atoms with E-state index in [4.69, 9.17) is 4.74 Å². The fourth-order valence-electron chi connectivity index (χ4n) is 2.04. The van der Waals surface area contributed by atoms with E-state index >= 15 is 0 Å². The van der Waals surface area contributed by atoms with Crippen LogP contribution >= 0.6 is 0 Å². The van der Waals surface area contributed by atoms with Crippen molar-refractivity contribution in [1.82, 2.24) is 0 Å². The molecule has 1 aliphatic heterocycles. The number of halogens is 2. The lowest BCUT2D eigenvalue weighted by Gasteiger charge is -2.24. The molecule has 0 amide bonds. The van der Waals surface area contributed by atoms with Crippen molar-refractivity contribution < 1.29 is 13.5 Å². The Morgan fingerprint density at radius 3 is 2.57 bits per heavy atom. The van der Waals surface area contributed by atoms with E-state index in [1.54, 1.807) is 0 Å². The molecule has 14 heavy (non-hydrogen) atoms. The van der Waals surface area contributed by atoms with Gasteiger partial charge < -0.3 is 4.74 Å². The Morgan fingerprint density at radius 2 is 2.07 bits per heavy atom. The summed E-state index contributed by atoms with van der Waals surface area (Å²) in [6.07, 6.45) is 2.00. The van der Waals surface area contributed by atoms with Crippen molar-refractivity contribution in [2.75, 3.05) is 6.61 Å². The monoisotopic (exact) mass is 206 g/mol. The summed E-state index contributed by atoms with van der Waals surface area (Å²) in [4.78, 5) is 0. The summed E-state index contributed by atoms with van der Waals surface area (Å²) in [5.74, 6) is -2.81. The largest absolute Gasteiger partial charge is 0.371 e. The molecule has 0 saturated carbocycles. The third-order valence-electron chi connectivity index (χ3n) is 3.24. The Bertz CT molecular complexity index is 182. The van der Waals surface area contributed by atoms with E-state index in [1.807, 2.05) is 20.8 Å². The minimum absolute atomic E-state index is 0.237. The maximum Gasteiger partial charge on any atom is 0.276 e. The first-order valence-electron chi connectivity index (χ1n) is 5.50. The zero-order valence-electron chi connectivity index (χ0n) is 9.22. The van der Waals surface area contributed by atoms with Gasteiger partial charge in [-0.1, -0.05) is 27.2 Å². The van der Waals surface area contributed by atoms with Gasteiger partial charge in [-0.2, -0.15) is 0 Å². The Hall–Kier alpha value is -0.180. The first-order valence-corrected chi connectivity index (χ1v) is 5.50. The van der Waals surface area contributed by atoms with Gasteiger partial charge >= 0.3 is 0 Å². The van der Waals surface area contributed by atoms with Gasteiger partial charge in [-0.25, -0.2) is 8.78 Å². The van der Waals surface area contributed by atoms with Crippen LogP contribution in [0, 0.1) is 11.8 Å². The van der Waals surface area contributed by atoms with Gasteiger partial charge in [0.1, 0.15) is 6.61 Å². The highest BCUT2D eigenvalue weighted by Gasteiger charge is 2.50. The number of alkyl halides is 2. The molecule has 1 aliphatic rings. The van der Waals surface area contributed by atoms with Crippen LogP contribution in [0.4, 0.5) is 8.78 Å². The second-order valence-corrected chi connectivity index (χ2v) is 4.37. The van der Waals surface area contributed by atoms with Crippen molar-refractivity contribution in [3.05, 3.63) is 0 Å². The van der Waals surface area contributed by atoms with Gasteiger partial charge in [0.05, 0.1) is 12.0 Å². The van der Waals surface area contributed by atoms with Gasteiger partial charge in [-0.3, -0.25) is 0 Å². The van der Waals surface area contributed by atoms with Crippen molar-refractivity contribution in [3.63, 3.8) is 0 Å². The van der Waals surface area contributed by atoms with Crippen molar-refractivity contribution in [2.45, 2.75) is 52.1 Å².